The fourth-order valence-electron chi connectivity index (χ4n) is 1.76. The Hall–Kier alpha value is -1.41. The third kappa shape index (κ3) is 2.83. The quantitative estimate of drug-likeness (QED) is 0.794. The van der Waals surface area contributed by atoms with Gasteiger partial charge in [0.1, 0.15) is 0 Å². The van der Waals surface area contributed by atoms with Crippen molar-refractivity contribution in [3.05, 3.63) is 53.1 Å². The van der Waals surface area contributed by atoms with E-state index < -0.39 is 0 Å². The van der Waals surface area contributed by atoms with Crippen molar-refractivity contribution in [2.75, 3.05) is 5.73 Å². The molecule has 0 amide bonds. The van der Waals surface area contributed by atoms with Gasteiger partial charge in [0.2, 0.25) is 0 Å². The van der Waals surface area contributed by atoms with Gasteiger partial charge in [-0.2, -0.15) is 0 Å². The molecule has 17 heavy (non-hydrogen) atoms. The van der Waals surface area contributed by atoms with Crippen LogP contribution in [0.15, 0.2) is 46.2 Å². The van der Waals surface area contributed by atoms with Crippen LogP contribution < -0.4 is 5.73 Å². The largest absolute Gasteiger partial charge is 0.398 e. The number of aryl methyl sites for hydroxylation is 3. The molecule has 88 valence electrons. The molecule has 0 heterocycles. The summed E-state index contributed by atoms with van der Waals surface area (Å²) >= 11 is 1.73. The van der Waals surface area contributed by atoms with Gasteiger partial charge >= 0.3 is 0 Å². The zero-order valence-corrected chi connectivity index (χ0v) is 11.3. The van der Waals surface area contributed by atoms with E-state index >= 15 is 0 Å². The van der Waals surface area contributed by atoms with E-state index in [4.69, 9.17) is 5.73 Å². The molecule has 2 heteroatoms. The highest BCUT2D eigenvalue weighted by Gasteiger charge is 2.05. The molecule has 0 atom stereocenters. The van der Waals surface area contributed by atoms with Gasteiger partial charge in [0, 0.05) is 15.5 Å². The van der Waals surface area contributed by atoms with E-state index in [2.05, 4.69) is 57.2 Å². The summed E-state index contributed by atoms with van der Waals surface area (Å²) in [6, 6.07) is 12.8. The van der Waals surface area contributed by atoms with E-state index in [0.717, 1.165) is 16.1 Å². The van der Waals surface area contributed by atoms with Gasteiger partial charge in [-0.3, -0.25) is 0 Å². The summed E-state index contributed by atoms with van der Waals surface area (Å²) in [6.45, 7) is 6.26. The van der Waals surface area contributed by atoms with Crippen LogP contribution >= 0.6 is 11.8 Å². The van der Waals surface area contributed by atoms with Crippen LogP contribution in [-0.4, -0.2) is 0 Å². The van der Waals surface area contributed by atoms with Crippen molar-refractivity contribution in [3.63, 3.8) is 0 Å². The zero-order chi connectivity index (χ0) is 12.4. The predicted octanol–water partition coefficient (Wildman–Crippen LogP) is 4.35. The molecule has 0 aromatic heterocycles. The van der Waals surface area contributed by atoms with Gasteiger partial charge in [0.15, 0.2) is 0 Å². The van der Waals surface area contributed by atoms with Crippen molar-refractivity contribution in [2.24, 2.45) is 0 Å². The standard InChI is InChI=1S/C15H17NS/c1-10-4-6-13(7-5-10)17-14-9-11(2)8-12(3)15(14)16/h4-9H,16H2,1-3H3. The van der Waals surface area contributed by atoms with Crippen molar-refractivity contribution in [1.29, 1.82) is 0 Å². The Kier molecular flexibility index (Phi) is 3.43. The number of nitrogens with two attached hydrogens (primary N) is 1. The van der Waals surface area contributed by atoms with Gasteiger partial charge in [-0.25, -0.2) is 0 Å². The number of hydrogen-bond donors (Lipinski definition) is 1. The Morgan fingerprint density at radius 2 is 1.53 bits per heavy atom. The summed E-state index contributed by atoms with van der Waals surface area (Å²) in [5, 5.41) is 0. The molecule has 0 saturated carbocycles. The number of hydrogen-bond acceptors (Lipinski definition) is 2. The minimum Gasteiger partial charge on any atom is -0.398 e. The molecule has 2 aromatic rings. The smallest absolute Gasteiger partial charge is 0.0485 e. The molecule has 0 aliphatic heterocycles. The van der Waals surface area contributed by atoms with Gasteiger partial charge in [-0.15, -0.1) is 0 Å². The van der Waals surface area contributed by atoms with E-state index in [9.17, 15) is 0 Å². The third-order valence-corrected chi connectivity index (χ3v) is 3.81. The summed E-state index contributed by atoms with van der Waals surface area (Å²) < 4.78 is 0. The minimum atomic E-state index is 0.890. The number of anilines is 1. The summed E-state index contributed by atoms with van der Waals surface area (Å²) in [7, 11) is 0. The average molecular weight is 243 g/mol. The summed E-state index contributed by atoms with van der Waals surface area (Å²) in [5.41, 5.74) is 10.7. The van der Waals surface area contributed by atoms with Crippen LogP contribution in [0.2, 0.25) is 0 Å². The second-order valence-electron chi connectivity index (χ2n) is 4.41. The van der Waals surface area contributed by atoms with Gasteiger partial charge in [0.25, 0.3) is 0 Å². The molecule has 1 nitrogen and oxygen atoms in total. The maximum atomic E-state index is 6.11. The molecular weight excluding hydrogens is 226 g/mol. The molecule has 0 radical (unpaired) electrons. The summed E-state index contributed by atoms with van der Waals surface area (Å²) in [5.74, 6) is 0. The Bertz CT molecular complexity index is 529. The van der Waals surface area contributed by atoms with Crippen molar-refractivity contribution >= 4 is 17.4 Å². The van der Waals surface area contributed by atoms with Gasteiger partial charge in [-0.05, 0) is 50.1 Å². The highest BCUT2D eigenvalue weighted by molar-refractivity contribution is 7.99. The van der Waals surface area contributed by atoms with Crippen LogP contribution in [0, 0.1) is 20.8 Å². The van der Waals surface area contributed by atoms with Crippen LogP contribution in [0.25, 0.3) is 0 Å². The Morgan fingerprint density at radius 1 is 0.882 bits per heavy atom. The molecular formula is C15H17NS. The maximum absolute atomic E-state index is 6.11. The lowest BCUT2D eigenvalue weighted by molar-refractivity contribution is 1.29. The van der Waals surface area contributed by atoms with Crippen LogP contribution in [-0.2, 0) is 0 Å². The summed E-state index contributed by atoms with van der Waals surface area (Å²) in [6.07, 6.45) is 0. The first kappa shape index (κ1) is 12.1. The lowest BCUT2D eigenvalue weighted by Gasteiger charge is -2.09. The van der Waals surface area contributed by atoms with Gasteiger partial charge in [0.05, 0.1) is 0 Å². The van der Waals surface area contributed by atoms with Crippen molar-refractivity contribution in [1.82, 2.24) is 0 Å². The highest BCUT2D eigenvalue weighted by Crippen LogP contribution is 2.34. The van der Waals surface area contributed by atoms with E-state index in [-0.39, 0.29) is 0 Å². The second kappa shape index (κ2) is 4.84. The molecule has 2 rings (SSSR count). The van der Waals surface area contributed by atoms with E-state index in [1.807, 2.05) is 0 Å². The lowest BCUT2D eigenvalue weighted by atomic mass is 10.1. The second-order valence-corrected chi connectivity index (χ2v) is 5.52. The zero-order valence-electron chi connectivity index (χ0n) is 10.4. The van der Waals surface area contributed by atoms with E-state index in [0.29, 0.717) is 0 Å². The SMILES string of the molecule is Cc1ccc(Sc2cc(C)cc(C)c2N)cc1. The Morgan fingerprint density at radius 3 is 2.18 bits per heavy atom. The topological polar surface area (TPSA) is 26.0 Å². The summed E-state index contributed by atoms with van der Waals surface area (Å²) in [4.78, 5) is 2.37. The number of rotatable bonds is 2. The van der Waals surface area contributed by atoms with Crippen molar-refractivity contribution in [3.8, 4) is 0 Å². The lowest BCUT2D eigenvalue weighted by Crippen LogP contribution is -1.93. The van der Waals surface area contributed by atoms with Crippen molar-refractivity contribution in [2.45, 2.75) is 30.6 Å². The van der Waals surface area contributed by atoms with Gasteiger partial charge in [-0.1, -0.05) is 35.5 Å². The molecule has 2 N–H and O–H groups in total. The average Bonchev–Trinajstić information content (AvgIpc) is 2.28. The molecule has 0 fully saturated rings. The molecule has 0 saturated heterocycles. The Labute approximate surface area is 107 Å². The first-order valence-electron chi connectivity index (χ1n) is 5.67. The Balaban J connectivity index is 2.32. The van der Waals surface area contributed by atoms with Crippen LogP contribution in [0.3, 0.4) is 0 Å². The fraction of sp³-hybridized carbons (Fsp3) is 0.200. The molecule has 0 aliphatic rings. The normalized spacial score (nSPS) is 10.5. The first-order valence-corrected chi connectivity index (χ1v) is 6.49. The monoisotopic (exact) mass is 243 g/mol. The van der Waals surface area contributed by atoms with Crippen LogP contribution in [0.4, 0.5) is 5.69 Å². The number of nitrogen functional groups attached to an aromatic ring is 1. The van der Waals surface area contributed by atoms with E-state index in [1.54, 1.807) is 11.8 Å². The fourth-order valence-corrected chi connectivity index (χ4v) is 2.80. The van der Waals surface area contributed by atoms with Crippen LogP contribution in [0.5, 0.6) is 0 Å². The van der Waals surface area contributed by atoms with Gasteiger partial charge < -0.3 is 5.73 Å². The van der Waals surface area contributed by atoms with E-state index in [1.165, 1.54) is 16.0 Å². The predicted molar refractivity (Wildman–Crippen MR) is 75.6 cm³/mol. The van der Waals surface area contributed by atoms with Crippen LogP contribution in [0.1, 0.15) is 16.7 Å². The maximum Gasteiger partial charge on any atom is 0.0485 e. The molecule has 0 aliphatic carbocycles. The minimum absolute atomic E-state index is 0.890. The molecule has 0 spiro atoms. The molecule has 0 unspecified atom stereocenters. The first-order chi connectivity index (χ1) is 8.06. The highest BCUT2D eigenvalue weighted by atomic mass is 32.2. The molecule has 2 aromatic carbocycles. The molecule has 0 bridgehead atoms. The number of benzene rings is 2. The third-order valence-electron chi connectivity index (χ3n) is 2.74. The van der Waals surface area contributed by atoms with Crippen molar-refractivity contribution < 1.29 is 0 Å².